The average Bonchev–Trinajstić information content (AvgIpc) is 3.54. The van der Waals surface area contributed by atoms with Crippen molar-refractivity contribution in [1.29, 1.82) is 0 Å². The van der Waals surface area contributed by atoms with Crippen LogP contribution in [0.5, 0.6) is 0 Å². The first kappa shape index (κ1) is 22.5. The molecule has 1 aliphatic heterocycles. The number of nitrogens with zero attached hydrogens (tertiary/aromatic N) is 3. The third kappa shape index (κ3) is 4.19. The van der Waals surface area contributed by atoms with Gasteiger partial charge in [0.1, 0.15) is 0 Å². The minimum absolute atomic E-state index is 0.00959. The molecule has 0 unspecified atom stereocenters. The number of fused-ring (bicyclic) bond motifs is 1. The van der Waals surface area contributed by atoms with Gasteiger partial charge in [0.05, 0.1) is 24.2 Å². The van der Waals surface area contributed by atoms with E-state index in [1.807, 2.05) is 30.3 Å². The van der Waals surface area contributed by atoms with Crippen molar-refractivity contribution in [2.45, 2.75) is 56.7 Å². The van der Waals surface area contributed by atoms with Crippen LogP contribution in [0.3, 0.4) is 0 Å². The Labute approximate surface area is 207 Å². The lowest BCUT2D eigenvalue weighted by Gasteiger charge is -2.39. The maximum atomic E-state index is 14.2. The molecule has 35 heavy (non-hydrogen) atoms. The number of aliphatic hydroxyl groups excluding tert-OH is 1. The summed E-state index contributed by atoms with van der Waals surface area (Å²) in [5.74, 6) is 0.418. The van der Waals surface area contributed by atoms with Crippen LogP contribution in [-0.4, -0.2) is 57.2 Å². The zero-order valence-corrected chi connectivity index (χ0v) is 20.1. The molecule has 2 aromatic carbocycles. The van der Waals surface area contributed by atoms with Crippen molar-refractivity contribution in [1.82, 2.24) is 19.8 Å². The van der Waals surface area contributed by atoms with E-state index >= 15 is 0 Å². The molecule has 0 radical (unpaired) electrons. The Bertz CT molecular complexity index is 1170. The van der Waals surface area contributed by atoms with Gasteiger partial charge in [0, 0.05) is 31.2 Å². The van der Waals surface area contributed by atoms with Crippen molar-refractivity contribution < 1.29 is 9.90 Å². The Hall–Kier alpha value is -2.96. The van der Waals surface area contributed by atoms with Crippen molar-refractivity contribution in [3.05, 3.63) is 77.7 Å². The van der Waals surface area contributed by atoms with Gasteiger partial charge in [-0.1, -0.05) is 67.4 Å². The fraction of sp³-hybridized carbons (Fsp3) is 0.448. The second-order valence-corrected chi connectivity index (χ2v) is 10.3. The van der Waals surface area contributed by atoms with E-state index < -0.39 is 6.10 Å². The summed E-state index contributed by atoms with van der Waals surface area (Å²) in [5, 5.41) is 14.3. The number of rotatable bonds is 4. The predicted molar refractivity (Wildman–Crippen MR) is 136 cm³/mol. The Morgan fingerprint density at radius 3 is 2.40 bits per heavy atom. The molecule has 6 heteroatoms. The third-order valence-electron chi connectivity index (χ3n) is 8.27. The summed E-state index contributed by atoms with van der Waals surface area (Å²) in [7, 11) is 0. The van der Waals surface area contributed by atoms with E-state index in [9.17, 15) is 9.90 Å². The van der Waals surface area contributed by atoms with Gasteiger partial charge >= 0.3 is 0 Å². The van der Waals surface area contributed by atoms with Crippen LogP contribution in [0.15, 0.2) is 60.9 Å². The van der Waals surface area contributed by atoms with Crippen LogP contribution in [-0.2, 0) is 12.8 Å². The lowest BCUT2D eigenvalue weighted by molar-refractivity contribution is 0.0547. The van der Waals surface area contributed by atoms with Gasteiger partial charge in [0.15, 0.2) is 5.69 Å². The lowest BCUT2D eigenvalue weighted by Crippen LogP contribution is -2.57. The van der Waals surface area contributed by atoms with Crippen LogP contribution in [0, 0.1) is 5.92 Å². The first-order chi connectivity index (χ1) is 17.2. The number of carbonyl (C=O) groups excluding carboxylic acids is 1. The number of piperazine rings is 1. The van der Waals surface area contributed by atoms with Crippen molar-refractivity contribution in [2.24, 2.45) is 5.92 Å². The summed E-state index contributed by atoms with van der Waals surface area (Å²) in [6.45, 7) is 2.29. The Morgan fingerprint density at radius 1 is 0.943 bits per heavy atom. The molecule has 1 saturated heterocycles. The van der Waals surface area contributed by atoms with Crippen molar-refractivity contribution >= 4 is 5.91 Å². The zero-order chi connectivity index (χ0) is 23.8. The highest BCUT2D eigenvalue weighted by molar-refractivity contribution is 5.98. The molecule has 2 aliphatic carbocycles. The monoisotopic (exact) mass is 470 g/mol. The normalized spacial score (nSPS) is 24.9. The maximum absolute atomic E-state index is 14.2. The molecule has 1 amide bonds. The van der Waals surface area contributed by atoms with Crippen LogP contribution >= 0.6 is 0 Å². The Balaban J connectivity index is 1.35. The molecule has 2 fully saturated rings. The summed E-state index contributed by atoms with van der Waals surface area (Å²) in [6, 6.07) is 18.8. The molecule has 0 bridgehead atoms. The molecular formula is C29H34N4O2. The first-order valence-corrected chi connectivity index (χ1v) is 13.1. The highest BCUT2D eigenvalue weighted by atomic mass is 16.3. The molecule has 1 saturated carbocycles. The molecule has 182 valence electrons. The van der Waals surface area contributed by atoms with E-state index in [0.717, 1.165) is 62.9 Å². The SMILES string of the molecule is O=C(c1ncn([C@H]2CCCC[C@H]2O)c1-c1ccccc1)N1CCNC[C@H]1C1Cc2ccccc2C1. The molecule has 3 aliphatic rings. The summed E-state index contributed by atoms with van der Waals surface area (Å²) in [6.07, 6.45) is 7.24. The van der Waals surface area contributed by atoms with E-state index in [4.69, 9.17) is 4.98 Å². The third-order valence-corrected chi connectivity index (χ3v) is 8.27. The highest BCUT2D eigenvalue weighted by Crippen LogP contribution is 2.36. The fourth-order valence-corrected chi connectivity index (χ4v) is 6.47. The van der Waals surface area contributed by atoms with E-state index in [1.165, 1.54) is 11.1 Å². The molecule has 2 N–H and O–H groups in total. The van der Waals surface area contributed by atoms with Crippen LogP contribution in [0.2, 0.25) is 0 Å². The number of nitrogens with one attached hydrogen (secondary N) is 1. The van der Waals surface area contributed by atoms with E-state index in [2.05, 4.69) is 39.0 Å². The summed E-state index contributed by atoms with van der Waals surface area (Å²) < 4.78 is 2.08. The quantitative estimate of drug-likeness (QED) is 0.608. The number of carbonyl (C=O) groups is 1. The Morgan fingerprint density at radius 2 is 1.66 bits per heavy atom. The molecule has 6 nitrogen and oxygen atoms in total. The van der Waals surface area contributed by atoms with E-state index in [0.29, 0.717) is 18.2 Å². The van der Waals surface area contributed by atoms with Gasteiger partial charge in [-0.15, -0.1) is 0 Å². The summed E-state index contributed by atoms with van der Waals surface area (Å²) >= 11 is 0. The second kappa shape index (κ2) is 9.59. The van der Waals surface area contributed by atoms with Gasteiger partial charge < -0.3 is 19.9 Å². The maximum Gasteiger partial charge on any atom is 0.275 e. The Kier molecular flexibility index (Phi) is 6.17. The van der Waals surface area contributed by atoms with E-state index in [1.54, 1.807) is 6.33 Å². The number of amides is 1. The van der Waals surface area contributed by atoms with Crippen LogP contribution in [0.1, 0.15) is 53.3 Å². The van der Waals surface area contributed by atoms with Crippen molar-refractivity contribution in [2.75, 3.05) is 19.6 Å². The molecule has 1 aromatic heterocycles. The number of imidazole rings is 1. The molecule has 0 spiro atoms. The van der Waals surface area contributed by atoms with Crippen molar-refractivity contribution in [3.63, 3.8) is 0 Å². The van der Waals surface area contributed by atoms with Crippen LogP contribution in [0.4, 0.5) is 0 Å². The van der Waals surface area contributed by atoms with Gasteiger partial charge in [0.25, 0.3) is 5.91 Å². The molecule has 3 aromatic rings. The van der Waals surface area contributed by atoms with Crippen molar-refractivity contribution in [3.8, 4) is 11.3 Å². The molecule has 2 heterocycles. The largest absolute Gasteiger partial charge is 0.391 e. The predicted octanol–water partition coefficient (Wildman–Crippen LogP) is 3.86. The standard InChI is InChI=1S/C29H34N4O2/c34-26-13-7-6-12-24(26)33-19-31-27(28(33)20-8-2-1-3-9-20)29(35)32-15-14-30-18-25(32)23-16-21-10-4-5-11-22(21)17-23/h1-5,8-11,19,23-26,30,34H,6-7,12-18H2/t24-,25-,26+/m0/s1. The highest BCUT2D eigenvalue weighted by Gasteiger charge is 2.38. The lowest BCUT2D eigenvalue weighted by atomic mass is 9.91. The van der Waals surface area contributed by atoms with Gasteiger partial charge in [-0.2, -0.15) is 0 Å². The minimum atomic E-state index is -0.410. The number of hydrogen-bond donors (Lipinski definition) is 2. The number of hydrogen-bond acceptors (Lipinski definition) is 4. The number of aromatic nitrogens is 2. The zero-order valence-electron chi connectivity index (χ0n) is 20.1. The second-order valence-electron chi connectivity index (χ2n) is 10.3. The minimum Gasteiger partial charge on any atom is -0.391 e. The molecule has 3 atom stereocenters. The smallest absolute Gasteiger partial charge is 0.275 e. The topological polar surface area (TPSA) is 70.4 Å². The average molecular weight is 471 g/mol. The molecular weight excluding hydrogens is 436 g/mol. The number of aliphatic hydroxyl groups is 1. The number of benzene rings is 2. The van der Waals surface area contributed by atoms with Gasteiger partial charge in [0.2, 0.25) is 0 Å². The molecule has 6 rings (SSSR count). The van der Waals surface area contributed by atoms with E-state index in [-0.39, 0.29) is 18.0 Å². The van der Waals surface area contributed by atoms with Gasteiger partial charge in [-0.3, -0.25) is 4.79 Å². The van der Waals surface area contributed by atoms with Crippen LogP contribution < -0.4 is 5.32 Å². The van der Waals surface area contributed by atoms with Gasteiger partial charge in [-0.25, -0.2) is 4.98 Å². The first-order valence-electron chi connectivity index (χ1n) is 13.1. The van der Waals surface area contributed by atoms with Gasteiger partial charge in [-0.05, 0) is 42.7 Å². The summed E-state index contributed by atoms with van der Waals surface area (Å²) in [4.78, 5) is 21.0. The van der Waals surface area contributed by atoms with Crippen LogP contribution in [0.25, 0.3) is 11.3 Å². The summed E-state index contributed by atoms with van der Waals surface area (Å²) in [5.41, 5.74) is 5.16. The fourth-order valence-electron chi connectivity index (χ4n) is 6.47.